The second-order valence-corrected chi connectivity index (χ2v) is 3.58. The third kappa shape index (κ3) is 1.46. The fraction of sp³-hybridized carbons (Fsp3) is 0.500. The van der Waals surface area contributed by atoms with Gasteiger partial charge in [-0.15, -0.1) is 0 Å². The van der Waals surface area contributed by atoms with Crippen LogP contribution in [0.3, 0.4) is 0 Å². The number of carboxylic acids is 1. The molecule has 0 spiro atoms. The molecule has 2 rings (SSSR count). The molecule has 0 radical (unpaired) electrons. The minimum atomic E-state index is -0.744. The molecule has 0 saturated carbocycles. The SMILES string of the molecule is Cc1cc2c(o1)C(CC(=O)O)CC2. The molecule has 0 fully saturated rings. The van der Waals surface area contributed by atoms with Gasteiger partial charge in [-0.25, -0.2) is 0 Å². The lowest BCUT2D eigenvalue weighted by Gasteiger charge is -2.03. The predicted octanol–water partition coefficient (Wildman–Crippen LogP) is 2.09. The number of aryl methyl sites for hydroxylation is 2. The van der Waals surface area contributed by atoms with Crippen LogP contribution >= 0.6 is 0 Å². The van der Waals surface area contributed by atoms with Crippen molar-refractivity contribution in [2.24, 2.45) is 0 Å². The van der Waals surface area contributed by atoms with Crippen LogP contribution in [0.25, 0.3) is 0 Å². The molecule has 1 aliphatic carbocycles. The average molecular weight is 180 g/mol. The lowest BCUT2D eigenvalue weighted by molar-refractivity contribution is -0.137. The molecule has 1 atom stereocenters. The lowest BCUT2D eigenvalue weighted by Crippen LogP contribution is -2.02. The first-order chi connectivity index (χ1) is 6.16. The molecule has 1 aromatic heterocycles. The van der Waals surface area contributed by atoms with Crippen LogP contribution in [0.4, 0.5) is 0 Å². The van der Waals surface area contributed by atoms with E-state index in [1.807, 2.05) is 13.0 Å². The number of carbonyl (C=O) groups is 1. The zero-order chi connectivity index (χ0) is 9.42. The van der Waals surface area contributed by atoms with Crippen molar-refractivity contribution in [1.82, 2.24) is 0 Å². The van der Waals surface area contributed by atoms with Gasteiger partial charge in [0.25, 0.3) is 0 Å². The summed E-state index contributed by atoms with van der Waals surface area (Å²) < 4.78 is 5.48. The molecular weight excluding hydrogens is 168 g/mol. The zero-order valence-electron chi connectivity index (χ0n) is 7.54. The highest BCUT2D eigenvalue weighted by Crippen LogP contribution is 2.37. The topological polar surface area (TPSA) is 50.4 Å². The summed E-state index contributed by atoms with van der Waals surface area (Å²) in [5.41, 5.74) is 1.20. The quantitative estimate of drug-likeness (QED) is 0.758. The molecule has 70 valence electrons. The largest absolute Gasteiger partial charge is 0.481 e. The van der Waals surface area contributed by atoms with Crippen LogP contribution in [0.1, 0.15) is 35.8 Å². The van der Waals surface area contributed by atoms with Crippen LogP contribution in [-0.4, -0.2) is 11.1 Å². The van der Waals surface area contributed by atoms with Crippen molar-refractivity contribution in [3.8, 4) is 0 Å². The minimum absolute atomic E-state index is 0.0983. The number of hydrogen-bond donors (Lipinski definition) is 1. The maximum Gasteiger partial charge on any atom is 0.304 e. The Bertz CT molecular complexity index is 338. The number of carboxylic acid groups (broad SMARTS) is 1. The number of hydrogen-bond acceptors (Lipinski definition) is 2. The van der Waals surface area contributed by atoms with Gasteiger partial charge in [-0.3, -0.25) is 4.79 Å². The summed E-state index contributed by atoms with van der Waals surface area (Å²) in [6.45, 7) is 1.90. The smallest absolute Gasteiger partial charge is 0.304 e. The summed E-state index contributed by atoms with van der Waals surface area (Å²) in [6.07, 6.45) is 2.07. The number of aliphatic carboxylic acids is 1. The Morgan fingerprint density at radius 1 is 1.77 bits per heavy atom. The van der Waals surface area contributed by atoms with E-state index >= 15 is 0 Å². The molecular formula is C10H12O3. The van der Waals surface area contributed by atoms with Gasteiger partial charge in [0.05, 0.1) is 6.42 Å². The van der Waals surface area contributed by atoms with Crippen molar-refractivity contribution in [1.29, 1.82) is 0 Å². The monoisotopic (exact) mass is 180 g/mol. The molecule has 0 bridgehead atoms. The highest BCUT2D eigenvalue weighted by Gasteiger charge is 2.28. The van der Waals surface area contributed by atoms with E-state index in [-0.39, 0.29) is 12.3 Å². The van der Waals surface area contributed by atoms with E-state index in [2.05, 4.69) is 0 Å². The molecule has 1 unspecified atom stereocenters. The Labute approximate surface area is 76.4 Å². The van der Waals surface area contributed by atoms with Gasteiger partial charge in [-0.2, -0.15) is 0 Å². The van der Waals surface area contributed by atoms with Gasteiger partial charge in [0.2, 0.25) is 0 Å². The van der Waals surface area contributed by atoms with Crippen LogP contribution in [0, 0.1) is 6.92 Å². The van der Waals surface area contributed by atoms with Crippen molar-refractivity contribution in [3.05, 3.63) is 23.2 Å². The summed E-state index contributed by atoms with van der Waals surface area (Å²) in [4.78, 5) is 10.5. The lowest BCUT2D eigenvalue weighted by atomic mass is 10.0. The van der Waals surface area contributed by atoms with Gasteiger partial charge in [0.1, 0.15) is 11.5 Å². The second-order valence-electron chi connectivity index (χ2n) is 3.58. The predicted molar refractivity (Wildman–Crippen MR) is 46.8 cm³/mol. The molecule has 3 heteroatoms. The van der Waals surface area contributed by atoms with Crippen molar-refractivity contribution < 1.29 is 14.3 Å². The first-order valence-corrected chi connectivity index (χ1v) is 4.48. The third-order valence-electron chi connectivity index (χ3n) is 2.52. The number of fused-ring (bicyclic) bond motifs is 1. The fourth-order valence-corrected chi connectivity index (χ4v) is 1.99. The highest BCUT2D eigenvalue weighted by atomic mass is 16.4. The number of furan rings is 1. The van der Waals surface area contributed by atoms with E-state index in [0.29, 0.717) is 0 Å². The van der Waals surface area contributed by atoms with Crippen LogP contribution in [0.15, 0.2) is 10.5 Å². The summed E-state index contributed by atoms with van der Waals surface area (Å²) in [6, 6.07) is 2.01. The van der Waals surface area contributed by atoms with Crippen LogP contribution in [-0.2, 0) is 11.2 Å². The molecule has 13 heavy (non-hydrogen) atoms. The molecule has 1 aliphatic rings. The van der Waals surface area contributed by atoms with Gasteiger partial charge in [0.15, 0.2) is 0 Å². The molecule has 1 N–H and O–H groups in total. The van der Waals surface area contributed by atoms with Crippen LogP contribution < -0.4 is 0 Å². The van der Waals surface area contributed by atoms with Gasteiger partial charge >= 0.3 is 5.97 Å². The Hall–Kier alpha value is -1.25. The molecule has 3 nitrogen and oxygen atoms in total. The number of rotatable bonds is 2. The fourth-order valence-electron chi connectivity index (χ4n) is 1.99. The van der Waals surface area contributed by atoms with E-state index in [1.54, 1.807) is 0 Å². The maximum absolute atomic E-state index is 10.5. The normalized spacial score (nSPS) is 20.2. The second kappa shape index (κ2) is 2.91. The summed E-state index contributed by atoms with van der Waals surface area (Å²) in [7, 11) is 0. The highest BCUT2D eigenvalue weighted by molar-refractivity contribution is 5.68. The molecule has 0 amide bonds. The van der Waals surface area contributed by atoms with E-state index in [1.165, 1.54) is 5.56 Å². The maximum atomic E-state index is 10.5. The molecule has 0 aromatic carbocycles. The summed E-state index contributed by atoms with van der Waals surface area (Å²) in [5, 5.41) is 8.66. The summed E-state index contributed by atoms with van der Waals surface area (Å²) in [5.74, 6) is 1.15. The first kappa shape index (κ1) is 8.35. The van der Waals surface area contributed by atoms with Gasteiger partial charge in [-0.05, 0) is 31.4 Å². The van der Waals surface area contributed by atoms with E-state index < -0.39 is 5.97 Å². The Balaban J connectivity index is 2.22. The van der Waals surface area contributed by atoms with Crippen LogP contribution in [0.2, 0.25) is 0 Å². The zero-order valence-corrected chi connectivity index (χ0v) is 7.54. The Morgan fingerprint density at radius 3 is 3.23 bits per heavy atom. The van der Waals surface area contributed by atoms with E-state index in [4.69, 9.17) is 9.52 Å². The molecule has 1 aromatic rings. The Morgan fingerprint density at radius 2 is 2.54 bits per heavy atom. The third-order valence-corrected chi connectivity index (χ3v) is 2.52. The minimum Gasteiger partial charge on any atom is -0.481 e. The van der Waals surface area contributed by atoms with Gasteiger partial charge < -0.3 is 9.52 Å². The Kier molecular flexibility index (Phi) is 1.87. The van der Waals surface area contributed by atoms with Crippen molar-refractivity contribution in [2.75, 3.05) is 0 Å². The molecule has 0 saturated heterocycles. The van der Waals surface area contributed by atoms with Crippen molar-refractivity contribution >= 4 is 5.97 Å². The van der Waals surface area contributed by atoms with Crippen LogP contribution in [0.5, 0.6) is 0 Å². The van der Waals surface area contributed by atoms with E-state index in [9.17, 15) is 4.79 Å². The van der Waals surface area contributed by atoms with Crippen molar-refractivity contribution in [2.45, 2.75) is 32.1 Å². The standard InChI is InChI=1S/C10H12O3/c1-6-4-7-2-3-8(5-9(11)12)10(7)13-6/h4,8H,2-3,5H2,1H3,(H,11,12). The van der Waals surface area contributed by atoms with Crippen molar-refractivity contribution in [3.63, 3.8) is 0 Å². The summed E-state index contributed by atoms with van der Waals surface area (Å²) >= 11 is 0. The van der Waals surface area contributed by atoms with Gasteiger partial charge in [-0.1, -0.05) is 0 Å². The molecule has 0 aliphatic heterocycles. The van der Waals surface area contributed by atoms with E-state index in [0.717, 1.165) is 24.4 Å². The molecule has 1 heterocycles. The average Bonchev–Trinajstić information content (AvgIpc) is 2.51. The first-order valence-electron chi connectivity index (χ1n) is 4.48. The van der Waals surface area contributed by atoms with Gasteiger partial charge in [0, 0.05) is 5.92 Å².